The summed E-state index contributed by atoms with van der Waals surface area (Å²) in [7, 11) is 0. The fourth-order valence-corrected chi connectivity index (χ4v) is 4.02. The highest BCUT2D eigenvalue weighted by molar-refractivity contribution is 6.32. The minimum Gasteiger partial charge on any atom is -0.366 e. The number of halogens is 2. The van der Waals surface area contributed by atoms with Gasteiger partial charge in [0.15, 0.2) is 0 Å². The van der Waals surface area contributed by atoms with E-state index in [0.717, 1.165) is 43.5 Å². The van der Waals surface area contributed by atoms with Crippen LogP contribution >= 0.6 is 11.6 Å². The Morgan fingerprint density at radius 1 is 1.07 bits per heavy atom. The number of hydrogen-bond donors (Lipinski definition) is 2. The van der Waals surface area contributed by atoms with Crippen LogP contribution in [0.15, 0.2) is 48.7 Å². The van der Waals surface area contributed by atoms with Crippen LogP contribution in [0.5, 0.6) is 0 Å². The van der Waals surface area contributed by atoms with Crippen molar-refractivity contribution in [3.05, 3.63) is 70.9 Å². The molecule has 0 spiro atoms. The van der Waals surface area contributed by atoms with Gasteiger partial charge in [-0.25, -0.2) is 19.3 Å². The molecule has 3 N–H and O–H groups in total. The van der Waals surface area contributed by atoms with Crippen LogP contribution in [0.2, 0.25) is 5.02 Å². The predicted molar refractivity (Wildman–Crippen MR) is 118 cm³/mol. The molecule has 2 heterocycles. The Balaban J connectivity index is 1.48. The van der Waals surface area contributed by atoms with Crippen molar-refractivity contribution in [2.24, 2.45) is 11.7 Å². The summed E-state index contributed by atoms with van der Waals surface area (Å²) in [5.74, 6) is 1.77. The van der Waals surface area contributed by atoms with Gasteiger partial charge < -0.3 is 11.1 Å². The number of hydrogen-bond acceptors (Lipinski definition) is 5. The molecule has 0 aliphatic heterocycles. The maximum Gasteiger partial charge on any atom is 0.129 e. The average molecular weight is 426 g/mol. The first kappa shape index (κ1) is 20.7. The quantitative estimate of drug-likeness (QED) is 0.581. The number of nitrogens with two attached hydrogens (primary N) is 1. The van der Waals surface area contributed by atoms with E-state index in [2.05, 4.69) is 15.3 Å². The number of aromatic nitrogens is 3. The van der Waals surface area contributed by atoms with Crippen molar-refractivity contribution in [3.63, 3.8) is 0 Å². The molecule has 0 saturated heterocycles. The number of nitrogens with zero attached hydrogens (tertiary/aromatic N) is 3. The number of nitrogens with one attached hydrogen (secondary N) is 1. The molecule has 3 aromatic rings. The van der Waals surface area contributed by atoms with E-state index in [-0.39, 0.29) is 5.82 Å². The number of rotatable bonds is 6. The maximum absolute atomic E-state index is 13.4. The number of pyridine rings is 1. The monoisotopic (exact) mass is 425 g/mol. The van der Waals surface area contributed by atoms with E-state index < -0.39 is 0 Å². The first-order valence-electron chi connectivity index (χ1n) is 10.3. The highest BCUT2D eigenvalue weighted by Crippen LogP contribution is 2.28. The molecule has 30 heavy (non-hydrogen) atoms. The van der Waals surface area contributed by atoms with Crippen molar-refractivity contribution >= 4 is 17.4 Å². The summed E-state index contributed by atoms with van der Waals surface area (Å²) >= 11 is 6.39. The molecule has 0 bridgehead atoms. The smallest absolute Gasteiger partial charge is 0.129 e. The maximum atomic E-state index is 13.4. The van der Waals surface area contributed by atoms with Crippen molar-refractivity contribution in [1.29, 1.82) is 0 Å². The van der Waals surface area contributed by atoms with Crippen LogP contribution in [0, 0.1) is 11.7 Å². The largest absolute Gasteiger partial charge is 0.366 e. The Morgan fingerprint density at radius 3 is 2.67 bits per heavy atom. The van der Waals surface area contributed by atoms with Gasteiger partial charge in [0.25, 0.3) is 0 Å². The molecule has 0 unspecified atom stereocenters. The molecule has 1 saturated carbocycles. The molecule has 4 rings (SSSR count). The van der Waals surface area contributed by atoms with Crippen molar-refractivity contribution < 1.29 is 4.39 Å². The molecule has 1 fully saturated rings. The zero-order chi connectivity index (χ0) is 20.9. The van der Waals surface area contributed by atoms with Gasteiger partial charge in [-0.3, -0.25) is 0 Å². The molecule has 0 radical (unpaired) electrons. The normalized spacial score (nSPS) is 18.9. The molecule has 0 atom stereocenters. The zero-order valence-electron chi connectivity index (χ0n) is 16.7. The standard InChI is InChI=1S/C23H25ClFN5/c24-19-14-28-22(12-15-7-9-18(26)10-8-15)30-23(19)20-5-2-6-21(29-20)27-13-16-3-1-4-17(25)11-16/h1-6,11,14-15,18H,7-10,12-13,26H2,(H,27,29). The third-order valence-corrected chi connectivity index (χ3v) is 5.79. The summed E-state index contributed by atoms with van der Waals surface area (Å²) in [5.41, 5.74) is 8.16. The van der Waals surface area contributed by atoms with E-state index >= 15 is 0 Å². The molecular formula is C23H25ClFN5. The second kappa shape index (κ2) is 9.49. The molecule has 1 aliphatic rings. The van der Waals surface area contributed by atoms with Gasteiger partial charge in [0.2, 0.25) is 0 Å². The van der Waals surface area contributed by atoms with E-state index in [4.69, 9.17) is 22.3 Å². The average Bonchev–Trinajstić information content (AvgIpc) is 2.75. The molecule has 7 heteroatoms. The van der Waals surface area contributed by atoms with Gasteiger partial charge in [0, 0.05) is 25.2 Å². The first-order chi connectivity index (χ1) is 14.6. The highest BCUT2D eigenvalue weighted by atomic mass is 35.5. The van der Waals surface area contributed by atoms with E-state index in [9.17, 15) is 4.39 Å². The van der Waals surface area contributed by atoms with Crippen LogP contribution < -0.4 is 11.1 Å². The molecular weight excluding hydrogens is 401 g/mol. The lowest BCUT2D eigenvalue weighted by Gasteiger charge is -2.25. The third-order valence-electron chi connectivity index (χ3n) is 5.51. The summed E-state index contributed by atoms with van der Waals surface area (Å²) in [6, 6.07) is 12.5. The molecule has 156 valence electrons. The summed E-state index contributed by atoms with van der Waals surface area (Å²) in [4.78, 5) is 13.8. The molecule has 0 amide bonds. The van der Waals surface area contributed by atoms with Gasteiger partial charge in [-0.05, 0) is 61.4 Å². The van der Waals surface area contributed by atoms with E-state index in [0.29, 0.717) is 40.7 Å². The summed E-state index contributed by atoms with van der Waals surface area (Å²) < 4.78 is 13.4. The summed E-state index contributed by atoms with van der Waals surface area (Å²) in [6.07, 6.45) is 6.83. The van der Waals surface area contributed by atoms with E-state index in [1.54, 1.807) is 12.3 Å². The van der Waals surface area contributed by atoms with Crippen molar-refractivity contribution in [3.8, 4) is 11.4 Å². The van der Waals surface area contributed by atoms with Crippen LogP contribution in [0.3, 0.4) is 0 Å². The lowest BCUT2D eigenvalue weighted by Crippen LogP contribution is -2.27. The summed E-state index contributed by atoms with van der Waals surface area (Å²) in [6.45, 7) is 0.473. The van der Waals surface area contributed by atoms with Gasteiger partial charge in [0.05, 0.1) is 10.7 Å². The van der Waals surface area contributed by atoms with Crippen LogP contribution in [-0.2, 0) is 13.0 Å². The topological polar surface area (TPSA) is 76.7 Å². The van der Waals surface area contributed by atoms with Crippen LogP contribution in [-0.4, -0.2) is 21.0 Å². The van der Waals surface area contributed by atoms with E-state index in [1.165, 1.54) is 12.1 Å². The Morgan fingerprint density at radius 2 is 1.87 bits per heavy atom. The molecule has 5 nitrogen and oxygen atoms in total. The van der Waals surface area contributed by atoms with Gasteiger partial charge in [-0.2, -0.15) is 0 Å². The lowest BCUT2D eigenvalue weighted by atomic mass is 9.84. The van der Waals surface area contributed by atoms with Crippen molar-refractivity contribution in [2.45, 2.75) is 44.7 Å². The van der Waals surface area contributed by atoms with Gasteiger partial charge in [0.1, 0.15) is 23.2 Å². The highest BCUT2D eigenvalue weighted by Gasteiger charge is 2.20. The van der Waals surface area contributed by atoms with Gasteiger partial charge in [-0.15, -0.1) is 0 Å². The van der Waals surface area contributed by atoms with Gasteiger partial charge >= 0.3 is 0 Å². The first-order valence-corrected chi connectivity index (χ1v) is 10.7. The lowest BCUT2D eigenvalue weighted by molar-refractivity contribution is 0.321. The second-order valence-corrected chi connectivity index (χ2v) is 8.27. The number of benzene rings is 1. The zero-order valence-corrected chi connectivity index (χ0v) is 17.4. The predicted octanol–water partition coefficient (Wildman–Crippen LogP) is 5.00. The Bertz CT molecular complexity index is 1000. The van der Waals surface area contributed by atoms with E-state index in [1.807, 2.05) is 24.3 Å². The van der Waals surface area contributed by atoms with Crippen molar-refractivity contribution in [2.75, 3.05) is 5.32 Å². The second-order valence-electron chi connectivity index (χ2n) is 7.86. The third kappa shape index (κ3) is 5.32. The minimum atomic E-state index is -0.253. The Hall–Kier alpha value is -2.57. The van der Waals surface area contributed by atoms with Crippen molar-refractivity contribution in [1.82, 2.24) is 15.0 Å². The van der Waals surface area contributed by atoms with Gasteiger partial charge in [-0.1, -0.05) is 29.8 Å². The minimum absolute atomic E-state index is 0.253. The fourth-order valence-electron chi connectivity index (χ4n) is 3.84. The van der Waals surface area contributed by atoms with Crippen LogP contribution in [0.4, 0.5) is 10.2 Å². The molecule has 1 aromatic carbocycles. The Kier molecular flexibility index (Phi) is 6.55. The molecule has 2 aromatic heterocycles. The number of anilines is 1. The van der Waals surface area contributed by atoms with Crippen LogP contribution in [0.25, 0.3) is 11.4 Å². The SMILES string of the molecule is NC1CCC(Cc2ncc(Cl)c(-c3cccc(NCc4cccc(F)c4)n3)n2)CC1. The summed E-state index contributed by atoms with van der Waals surface area (Å²) in [5, 5.41) is 3.70. The fraction of sp³-hybridized carbons (Fsp3) is 0.348. The molecule has 1 aliphatic carbocycles. The Labute approximate surface area is 180 Å². The van der Waals surface area contributed by atoms with Crippen LogP contribution in [0.1, 0.15) is 37.1 Å².